The Labute approximate surface area is 176 Å². The summed E-state index contributed by atoms with van der Waals surface area (Å²) in [7, 11) is 0. The number of pyridine rings is 1. The summed E-state index contributed by atoms with van der Waals surface area (Å²) in [5.74, 6) is 0.540. The van der Waals surface area contributed by atoms with Gasteiger partial charge in [0.2, 0.25) is 11.8 Å². The van der Waals surface area contributed by atoms with E-state index in [1.54, 1.807) is 6.07 Å². The summed E-state index contributed by atoms with van der Waals surface area (Å²) in [5, 5.41) is 5.72. The van der Waals surface area contributed by atoms with Gasteiger partial charge in [-0.15, -0.1) is 0 Å². The van der Waals surface area contributed by atoms with Gasteiger partial charge < -0.3 is 19.8 Å². The van der Waals surface area contributed by atoms with Crippen LogP contribution in [0.25, 0.3) is 5.65 Å². The number of anilines is 1. The third-order valence-corrected chi connectivity index (χ3v) is 4.47. The minimum Gasteiger partial charge on any atom is -0.487 e. The molecule has 2 heterocycles. The maximum Gasteiger partial charge on any atom is 0.225 e. The smallest absolute Gasteiger partial charge is 0.225 e. The summed E-state index contributed by atoms with van der Waals surface area (Å²) >= 11 is 0. The van der Waals surface area contributed by atoms with Crippen molar-refractivity contribution in [1.82, 2.24) is 14.7 Å². The SMILES string of the molecule is CC(C)(C)C(=O)NCCCC(=O)Nc1cccc(OCc2cn3ccccc3n2)c1. The Bertz CT molecular complexity index is 987. The lowest BCUT2D eigenvalue weighted by molar-refractivity contribution is -0.128. The molecule has 0 radical (unpaired) electrons. The Hall–Kier alpha value is -3.35. The van der Waals surface area contributed by atoms with Crippen LogP contribution in [0.5, 0.6) is 5.75 Å². The minimum atomic E-state index is -0.425. The lowest BCUT2D eigenvalue weighted by Gasteiger charge is -2.17. The predicted molar refractivity (Wildman–Crippen MR) is 116 cm³/mol. The maximum absolute atomic E-state index is 12.2. The number of benzene rings is 1. The average molecular weight is 409 g/mol. The van der Waals surface area contributed by atoms with Crippen LogP contribution in [0.2, 0.25) is 0 Å². The van der Waals surface area contributed by atoms with Crippen molar-refractivity contribution in [2.45, 2.75) is 40.2 Å². The molecule has 2 N–H and O–H groups in total. The van der Waals surface area contributed by atoms with Gasteiger partial charge in [0.05, 0.1) is 5.69 Å². The van der Waals surface area contributed by atoms with E-state index in [1.165, 1.54) is 0 Å². The lowest BCUT2D eigenvalue weighted by atomic mass is 9.96. The van der Waals surface area contributed by atoms with Gasteiger partial charge in [-0.1, -0.05) is 32.9 Å². The van der Waals surface area contributed by atoms with Gasteiger partial charge in [-0.05, 0) is 30.7 Å². The highest BCUT2D eigenvalue weighted by atomic mass is 16.5. The molecule has 2 aromatic heterocycles. The number of nitrogens with zero attached hydrogens (tertiary/aromatic N) is 2. The Morgan fingerprint density at radius 3 is 2.73 bits per heavy atom. The molecule has 0 bridgehead atoms. The number of ether oxygens (including phenoxy) is 1. The first kappa shape index (κ1) is 21.4. The lowest BCUT2D eigenvalue weighted by Crippen LogP contribution is -2.35. The van der Waals surface area contributed by atoms with Gasteiger partial charge in [-0.3, -0.25) is 9.59 Å². The van der Waals surface area contributed by atoms with Crippen molar-refractivity contribution in [3.05, 3.63) is 60.6 Å². The summed E-state index contributed by atoms with van der Waals surface area (Å²) in [6.45, 7) is 6.40. The quantitative estimate of drug-likeness (QED) is 0.555. The molecule has 7 nitrogen and oxygen atoms in total. The maximum atomic E-state index is 12.2. The fourth-order valence-electron chi connectivity index (χ4n) is 2.82. The number of fused-ring (bicyclic) bond motifs is 1. The van der Waals surface area contributed by atoms with Crippen molar-refractivity contribution in [3.8, 4) is 5.75 Å². The molecule has 0 spiro atoms. The van der Waals surface area contributed by atoms with Crippen LogP contribution < -0.4 is 15.4 Å². The van der Waals surface area contributed by atoms with Crippen LogP contribution in [0.3, 0.4) is 0 Å². The third-order valence-electron chi connectivity index (χ3n) is 4.47. The Balaban J connectivity index is 1.45. The van der Waals surface area contributed by atoms with Crippen LogP contribution in [0.1, 0.15) is 39.3 Å². The van der Waals surface area contributed by atoms with Crippen molar-refractivity contribution in [1.29, 1.82) is 0 Å². The number of carbonyl (C=O) groups is 2. The summed E-state index contributed by atoms with van der Waals surface area (Å²) in [6, 6.07) is 13.1. The van der Waals surface area contributed by atoms with Gasteiger partial charge >= 0.3 is 0 Å². The van der Waals surface area contributed by atoms with E-state index >= 15 is 0 Å². The van der Waals surface area contributed by atoms with Crippen LogP contribution in [0.4, 0.5) is 5.69 Å². The second kappa shape index (κ2) is 9.43. The zero-order valence-corrected chi connectivity index (χ0v) is 17.6. The molecule has 0 atom stereocenters. The van der Waals surface area contributed by atoms with Crippen molar-refractivity contribution < 1.29 is 14.3 Å². The second-order valence-corrected chi connectivity index (χ2v) is 8.17. The number of carbonyl (C=O) groups excluding carboxylic acids is 2. The number of rotatable bonds is 8. The van der Waals surface area contributed by atoms with E-state index in [1.807, 2.05) is 74.0 Å². The molecular formula is C23H28N4O3. The molecule has 0 aliphatic rings. The molecule has 7 heteroatoms. The van der Waals surface area contributed by atoms with Gasteiger partial charge in [0.25, 0.3) is 0 Å². The van der Waals surface area contributed by atoms with Gasteiger partial charge in [0, 0.05) is 42.5 Å². The van der Waals surface area contributed by atoms with Gasteiger partial charge in [-0.25, -0.2) is 4.98 Å². The number of nitrogens with one attached hydrogen (secondary N) is 2. The number of hydrogen-bond donors (Lipinski definition) is 2. The molecule has 0 saturated heterocycles. The Morgan fingerprint density at radius 2 is 1.97 bits per heavy atom. The number of aromatic nitrogens is 2. The van der Waals surface area contributed by atoms with Crippen LogP contribution in [0, 0.1) is 5.41 Å². The fourth-order valence-corrected chi connectivity index (χ4v) is 2.82. The first-order valence-corrected chi connectivity index (χ1v) is 10.0. The van der Waals surface area contributed by atoms with E-state index in [2.05, 4.69) is 15.6 Å². The molecule has 30 heavy (non-hydrogen) atoms. The highest BCUT2D eigenvalue weighted by molar-refractivity contribution is 5.90. The highest BCUT2D eigenvalue weighted by Gasteiger charge is 2.20. The first-order chi connectivity index (χ1) is 14.3. The Morgan fingerprint density at radius 1 is 1.13 bits per heavy atom. The molecule has 0 aliphatic carbocycles. The van der Waals surface area contributed by atoms with Crippen molar-refractivity contribution in [3.63, 3.8) is 0 Å². The molecule has 0 fully saturated rings. The van der Waals surface area contributed by atoms with E-state index in [9.17, 15) is 9.59 Å². The van der Waals surface area contributed by atoms with Gasteiger partial charge in [0.1, 0.15) is 18.0 Å². The molecular weight excluding hydrogens is 380 g/mol. The molecule has 0 saturated carbocycles. The highest BCUT2D eigenvalue weighted by Crippen LogP contribution is 2.19. The molecule has 0 unspecified atom stereocenters. The zero-order chi connectivity index (χ0) is 21.6. The summed E-state index contributed by atoms with van der Waals surface area (Å²) in [6.07, 6.45) is 4.78. The van der Waals surface area contributed by atoms with Gasteiger partial charge in [-0.2, -0.15) is 0 Å². The molecule has 1 aromatic carbocycles. The monoisotopic (exact) mass is 408 g/mol. The minimum absolute atomic E-state index is 0.0154. The summed E-state index contributed by atoms with van der Waals surface area (Å²) in [4.78, 5) is 28.5. The molecule has 2 amide bonds. The van der Waals surface area contributed by atoms with Crippen molar-refractivity contribution in [2.75, 3.05) is 11.9 Å². The summed E-state index contributed by atoms with van der Waals surface area (Å²) < 4.78 is 7.77. The second-order valence-electron chi connectivity index (χ2n) is 8.17. The van der Waals surface area contributed by atoms with E-state index in [-0.39, 0.29) is 11.8 Å². The third kappa shape index (κ3) is 6.07. The average Bonchev–Trinajstić information content (AvgIpc) is 3.12. The van der Waals surface area contributed by atoms with Gasteiger partial charge in [0.15, 0.2) is 0 Å². The van der Waals surface area contributed by atoms with Crippen LogP contribution in [-0.2, 0) is 16.2 Å². The van der Waals surface area contributed by atoms with E-state index in [0.717, 1.165) is 11.3 Å². The largest absolute Gasteiger partial charge is 0.487 e. The van der Waals surface area contributed by atoms with Crippen LogP contribution >= 0.6 is 0 Å². The first-order valence-electron chi connectivity index (χ1n) is 10.0. The van der Waals surface area contributed by atoms with E-state index < -0.39 is 5.41 Å². The standard InChI is InChI=1S/C23H28N4O3/c1-23(2,3)22(29)24-12-7-11-21(28)26-17-8-6-9-19(14-17)30-16-18-15-27-13-5-4-10-20(27)25-18/h4-6,8-10,13-15H,7,11-12,16H2,1-3H3,(H,24,29)(H,26,28). The fraction of sp³-hybridized carbons (Fsp3) is 0.348. The van der Waals surface area contributed by atoms with Crippen LogP contribution in [0.15, 0.2) is 54.9 Å². The number of hydrogen-bond acceptors (Lipinski definition) is 4. The molecule has 3 aromatic rings. The van der Waals surface area contributed by atoms with E-state index in [4.69, 9.17) is 4.74 Å². The summed E-state index contributed by atoms with van der Waals surface area (Å²) in [5.41, 5.74) is 1.95. The van der Waals surface area contributed by atoms with Crippen molar-refractivity contribution in [2.24, 2.45) is 5.41 Å². The molecule has 3 rings (SSSR count). The van der Waals surface area contributed by atoms with Crippen LogP contribution in [-0.4, -0.2) is 27.7 Å². The predicted octanol–water partition coefficient (Wildman–Crippen LogP) is 3.79. The number of amides is 2. The topological polar surface area (TPSA) is 84.7 Å². The molecule has 158 valence electrons. The van der Waals surface area contributed by atoms with Crippen molar-refractivity contribution >= 4 is 23.1 Å². The normalized spacial score (nSPS) is 11.3. The molecule has 0 aliphatic heterocycles. The van der Waals surface area contributed by atoms with E-state index in [0.29, 0.717) is 37.4 Å². The number of imidazole rings is 1. The zero-order valence-electron chi connectivity index (χ0n) is 17.6. The Kier molecular flexibility index (Phi) is 6.72.